The summed E-state index contributed by atoms with van der Waals surface area (Å²) in [5.74, 6) is 0.772. The molecule has 0 aliphatic heterocycles. The number of hydrogen-bond acceptors (Lipinski definition) is 2. The highest BCUT2D eigenvalue weighted by atomic mass is 16.1. The normalized spacial score (nSPS) is 13.2. The van der Waals surface area contributed by atoms with Gasteiger partial charge in [0, 0.05) is 11.7 Å². The molecule has 0 saturated heterocycles. The van der Waals surface area contributed by atoms with E-state index in [0.29, 0.717) is 11.0 Å². The van der Waals surface area contributed by atoms with E-state index in [-0.39, 0.29) is 11.6 Å². The lowest BCUT2D eigenvalue weighted by Crippen LogP contribution is -2.26. The molecule has 0 fully saturated rings. The van der Waals surface area contributed by atoms with Crippen molar-refractivity contribution < 1.29 is 0 Å². The van der Waals surface area contributed by atoms with Gasteiger partial charge < -0.3 is 4.98 Å². The van der Waals surface area contributed by atoms with Crippen molar-refractivity contribution in [2.24, 2.45) is 0 Å². The van der Waals surface area contributed by atoms with Crippen molar-refractivity contribution >= 4 is 11.0 Å². The third kappa shape index (κ3) is 1.54. The maximum atomic E-state index is 12.3. The summed E-state index contributed by atoms with van der Waals surface area (Å²) in [6.45, 7) is 7.93. The van der Waals surface area contributed by atoms with Gasteiger partial charge in [0.05, 0.1) is 5.39 Å². The summed E-state index contributed by atoms with van der Waals surface area (Å²) in [4.78, 5) is 19.8. The molecule has 0 aliphatic rings. The Kier molecular flexibility index (Phi) is 2.58. The van der Waals surface area contributed by atoms with E-state index in [2.05, 4.69) is 16.9 Å². The van der Waals surface area contributed by atoms with E-state index in [4.69, 9.17) is 0 Å². The Morgan fingerprint density at radius 3 is 2.81 bits per heavy atom. The molecule has 0 bridgehead atoms. The molecular formula is C12H17N3O. The molecule has 1 atom stereocenters. The smallest absolute Gasteiger partial charge is 0.263 e. The number of nitrogens with one attached hydrogen (secondary N) is 1. The molecular weight excluding hydrogens is 202 g/mol. The monoisotopic (exact) mass is 219 g/mol. The Morgan fingerprint density at radius 2 is 2.19 bits per heavy atom. The van der Waals surface area contributed by atoms with Crippen molar-refractivity contribution in [3.63, 3.8) is 0 Å². The van der Waals surface area contributed by atoms with Gasteiger partial charge in [-0.25, -0.2) is 4.98 Å². The lowest BCUT2D eigenvalue weighted by Gasteiger charge is -2.15. The van der Waals surface area contributed by atoms with Crippen molar-refractivity contribution in [1.82, 2.24) is 14.5 Å². The highest BCUT2D eigenvalue weighted by Crippen LogP contribution is 2.14. The summed E-state index contributed by atoms with van der Waals surface area (Å²) >= 11 is 0. The molecule has 2 heterocycles. The number of fused-ring (bicyclic) bond motifs is 1. The largest absolute Gasteiger partial charge is 0.343 e. The molecule has 0 aliphatic carbocycles. The van der Waals surface area contributed by atoms with Crippen LogP contribution >= 0.6 is 0 Å². The first-order valence-corrected chi connectivity index (χ1v) is 5.63. The van der Waals surface area contributed by atoms with Crippen LogP contribution in [0.3, 0.4) is 0 Å². The van der Waals surface area contributed by atoms with Crippen LogP contribution in [0, 0.1) is 13.8 Å². The minimum Gasteiger partial charge on any atom is -0.343 e. The van der Waals surface area contributed by atoms with Gasteiger partial charge in [-0.15, -0.1) is 0 Å². The van der Waals surface area contributed by atoms with Gasteiger partial charge in [-0.3, -0.25) is 9.36 Å². The average molecular weight is 219 g/mol. The summed E-state index contributed by atoms with van der Waals surface area (Å²) in [5.41, 5.74) is 1.72. The lowest BCUT2D eigenvalue weighted by atomic mass is 10.2. The molecule has 1 unspecified atom stereocenters. The summed E-state index contributed by atoms with van der Waals surface area (Å²) in [6.07, 6.45) is 0.928. The number of hydrogen-bond donors (Lipinski definition) is 1. The zero-order valence-corrected chi connectivity index (χ0v) is 10.2. The molecule has 2 aromatic rings. The van der Waals surface area contributed by atoms with Gasteiger partial charge >= 0.3 is 0 Å². The first-order chi connectivity index (χ1) is 7.54. The SMILES string of the molecule is CCC(C)n1c(C)nc2[nH]c(C)cc2c1=O. The Labute approximate surface area is 94.3 Å². The van der Waals surface area contributed by atoms with Crippen molar-refractivity contribution in [2.45, 2.75) is 40.2 Å². The Bertz CT molecular complexity index is 580. The molecule has 0 amide bonds. The van der Waals surface area contributed by atoms with Crippen molar-refractivity contribution in [1.29, 1.82) is 0 Å². The first kappa shape index (κ1) is 10.9. The molecule has 86 valence electrons. The molecule has 1 N–H and O–H groups in total. The number of aromatic nitrogens is 3. The van der Waals surface area contributed by atoms with Crippen LogP contribution in [0.15, 0.2) is 10.9 Å². The molecule has 0 aromatic carbocycles. The first-order valence-electron chi connectivity index (χ1n) is 5.63. The van der Waals surface area contributed by atoms with Gasteiger partial charge in [-0.1, -0.05) is 6.92 Å². The topological polar surface area (TPSA) is 50.7 Å². The maximum absolute atomic E-state index is 12.3. The molecule has 2 aromatic heterocycles. The predicted molar refractivity (Wildman–Crippen MR) is 64.8 cm³/mol. The summed E-state index contributed by atoms with van der Waals surface area (Å²) in [6, 6.07) is 2.06. The van der Waals surface area contributed by atoms with Gasteiger partial charge in [0.1, 0.15) is 11.5 Å². The van der Waals surface area contributed by atoms with Crippen molar-refractivity contribution in [2.75, 3.05) is 0 Å². The molecule has 2 rings (SSSR count). The van der Waals surface area contributed by atoms with E-state index in [9.17, 15) is 4.79 Å². The molecule has 0 saturated carbocycles. The molecule has 0 radical (unpaired) electrons. The third-order valence-corrected chi connectivity index (χ3v) is 3.03. The van der Waals surface area contributed by atoms with Crippen molar-refractivity contribution in [3.8, 4) is 0 Å². The predicted octanol–water partition coefficient (Wildman–Crippen LogP) is 2.31. The standard InChI is InChI=1S/C12H17N3O/c1-5-8(3)15-9(4)14-11-10(12(15)16)6-7(2)13-11/h6,8,13H,5H2,1-4H3. The second-order valence-corrected chi connectivity index (χ2v) is 4.31. The minimum atomic E-state index is 0.0567. The lowest BCUT2D eigenvalue weighted by molar-refractivity contribution is 0.497. The van der Waals surface area contributed by atoms with Crippen LogP contribution in [0.5, 0.6) is 0 Å². The van der Waals surface area contributed by atoms with Crippen LogP contribution in [0.2, 0.25) is 0 Å². The number of rotatable bonds is 2. The summed E-state index contributed by atoms with van der Waals surface area (Å²) in [7, 11) is 0. The molecule has 4 heteroatoms. The fraction of sp³-hybridized carbons (Fsp3) is 0.500. The second-order valence-electron chi connectivity index (χ2n) is 4.31. The van der Waals surface area contributed by atoms with Crippen LogP contribution < -0.4 is 5.56 Å². The van der Waals surface area contributed by atoms with E-state index < -0.39 is 0 Å². The highest BCUT2D eigenvalue weighted by molar-refractivity contribution is 5.75. The van der Waals surface area contributed by atoms with Gasteiger partial charge in [0.25, 0.3) is 5.56 Å². The van der Waals surface area contributed by atoms with Gasteiger partial charge in [0.2, 0.25) is 0 Å². The quantitative estimate of drug-likeness (QED) is 0.842. The fourth-order valence-corrected chi connectivity index (χ4v) is 2.02. The number of aryl methyl sites for hydroxylation is 2. The summed E-state index contributed by atoms with van der Waals surface area (Å²) in [5, 5.41) is 0.684. The Hall–Kier alpha value is -1.58. The van der Waals surface area contributed by atoms with E-state index in [0.717, 1.165) is 17.9 Å². The highest BCUT2D eigenvalue weighted by Gasteiger charge is 2.13. The number of H-pyrrole nitrogens is 1. The number of aromatic amines is 1. The van der Waals surface area contributed by atoms with Gasteiger partial charge in [-0.2, -0.15) is 0 Å². The molecule has 4 nitrogen and oxygen atoms in total. The fourth-order valence-electron chi connectivity index (χ4n) is 2.02. The van der Waals surface area contributed by atoms with Crippen molar-refractivity contribution in [3.05, 3.63) is 27.9 Å². The zero-order chi connectivity index (χ0) is 11.9. The van der Waals surface area contributed by atoms with Crippen LogP contribution in [-0.2, 0) is 0 Å². The van der Waals surface area contributed by atoms with E-state index >= 15 is 0 Å². The van der Waals surface area contributed by atoms with E-state index in [1.54, 1.807) is 4.57 Å². The van der Waals surface area contributed by atoms with Crippen LogP contribution in [0.1, 0.15) is 37.8 Å². The Balaban J connectivity index is 2.80. The zero-order valence-electron chi connectivity index (χ0n) is 10.2. The average Bonchev–Trinajstić information content (AvgIpc) is 2.58. The van der Waals surface area contributed by atoms with Gasteiger partial charge in [0.15, 0.2) is 0 Å². The molecule has 0 spiro atoms. The van der Waals surface area contributed by atoms with Gasteiger partial charge in [-0.05, 0) is 33.3 Å². The van der Waals surface area contributed by atoms with E-state index in [1.807, 2.05) is 26.8 Å². The second kappa shape index (κ2) is 3.77. The third-order valence-electron chi connectivity index (χ3n) is 3.03. The number of nitrogens with zero attached hydrogens (tertiary/aromatic N) is 2. The van der Waals surface area contributed by atoms with Crippen LogP contribution in [-0.4, -0.2) is 14.5 Å². The minimum absolute atomic E-state index is 0.0567. The Morgan fingerprint density at radius 1 is 1.50 bits per heavy atom. The maximum Gasteiger partial charge on any atom is 0.263 e. The van der Waals surface area contributed by atoms with E-state index in [1.165, 1.54) is 0 Å². The van der Waals surface area contributed by atoms with Crippen LogP contribution in [0.25, 0.3) is 11.0 Å². The summed E-state index contributed by atoms with van der Waals surface area (Å²) < 4.78 is 1.77. The van der Waals surface area contributed by atoms with Crippen LogP contribution in [0.4, 0.5) is 0 Å². The molecule has 16 heavy (non-hydrogen) atoms.